The van der Waals surface area contributed by atoms with Crippen molar-refractivity contribution in [2.24, 2.45) is 0 Å². The molecule has 10 unspecified atom stereocenters. The van der Waals surface area contributed by atoms with Crippen LogP contribution in [0.5, 0.6) is 0 Å². The predicted octanol–water partition coefficient (Wildman–Crippen LogP) is -0.463. The van der Waals surface area contributed by atoms with Crippen LogP contribution in [0.2, 0.25) is 0 Å². The Bertz CT molecular complexity index is 628. The molecule has 0 spiro atoms. The zero-order chi connectivity index (χ0) is 21.1. The molecule has 0 saturated carbocycles. The van der Waals surface area contributed by atoms with Crippen LogP contribution in [0.4, 0.5) is 0 Å². The van der Waals surface area contributed by atoms with E-state index in [1.54, 1.807) is 13.8 Å². The SMILES string of the molecule is COC1OC(C)C(O)C(O)C1OC1OC(C)C(O)C(O)C1OCc1ccccc1. The molecule has 1 aromatic rings. The normalized spacial score (nSPS) is 43.3. The molecule has 2 fully saturated rings. The van der Waals surface area contributed by atoms with Crippen LogP contribution in [0.15, 0.2) is 30.3 Å². The molecule has 3 rings (SSSR count). The quantitative estimate of drug-likeness (QED) is 0.489. The topological polar surface area (TPSA) is 127 Å². The Morgan fingerprint density at radius 2 is 1.34 bits per heavy atom. The fraction of sp³-hybridized carbons (Fsp3) is 0.700. The lowest BCUT2D eigenvalue weighted by Crippen LogP contribution is -2.63. The lowest BCUT2D eigenvalue weighted by atomic mass is 9.98. The van der Waals surface area contributed by atoms with E-state index in [9.17, 15) is 20.4 Å². The van der Waals surface area contributed by atoms with Crippen molar-refractivity contribution in [3.8, 4) is 0 Å². The van der Waals surface area contributed by atoms with Gasteiger partial charge in [-0.1, -0.05) is 30.3 Å². The third kappa shape index (κ3) is 4.96. The number of methoxy groups -OCH3 is 1. The molecular formula is C20H30O9. The molecule has 0 aliphatic carbocycles. The van der Waals surface area contributed by atoms with Crippen molar-refractivity contribution >= 4 is 0 Å². The van der Waals surface area contributed by atoms with Crippen LogP contribution in [-0.4, -0.2) is 88.9 Å². The van der Waals surface area contributed by atoms with Crippen LogP contribution in [0.1, 0.15) is 19.4 Å². The number of benzene rings is 1. The molecule has 2 heterocycles. The molecule has 9 nitrogen and oxygen atoms in total. The van der Waals surface area contributed by atoms with Gasteiger partial charge in [0.05, 0.1) is 18.8 Å². The predicted molar refractivity (Wildman–Crippen MR) is 99.6 cm³/mol. The lowest BCUT2D eigenvalue weighted by molar-refractivity contribution is -0.363. The van der Waals surface area contributed by atoms with E-state index in [1.165, 1.54) is 7.11 Å². The van der Waals surface area contributed by atoms with Crippen molar-refractivity contribution in [3.63, 3.8) is 0 Å². The number of rotatable bonds is 6. The van der Waals surface area contributed by atoms with Crippen LogP contribution in [0.25, 0.3) is 0 Å². The molecule has 29 heavy (non-hydrogen) atoms. The average molecular weight is 414 g/mol. The maximum atomic E-state index is 10.6. The molecule has 0 aromatic heterocycles. The summed E-state index contributed by atoms with van der Waals surface area (Å²) < 4.78 is 28.2. The van der Waals surface area contributed by atoms with Crippen LogP contribution in [0.3, 0.4) is 0 Å². The van der Waals surface area contributed by atoms with Gasteiger partial charge in [0, 0.05) is 7.11 Å². The van der Waals surface area contributed by atoms with Gasteiger partial charge in [0.2, 0.25) is 0 Å². The highest BCUT2D eigenvalue weighted by atomic mass is 16.8. The lowest BCUT2D eigenvalue weighted by Gasteiger charge is -2.46. The first-order valence-electron chi connectivity index (χ1n) is 9.70. The molecule has 4 N–H and O–H groups in total. The van der Waals surface area contributed by atoms with Gasteiger partial charge in [-0.25, -0.2) is 0 Å². The van der Waals surface area contributed by atoms with Crippen LogP contribution in [-0.2, 0) is 30.3 Å². The minimum atomic E-state index is -1.30. The smallest absolute Gasteiger partial charge is 0.187 e. The minimum Gasteiger partial charge on any atom is -0.388 e. The molecule has 9 heteroatoms. The summed E-state index contributed by atoms with van der Waals surface area (Å²) in [6.45, 7) is 3.36. The Kier molecular flexibility index (Phi) is 7.60. The van der Waals surface area contributed by atoms with Gasteiger partial charge in [-0.3, -0.25) is 0 Å². The zero-order valence-corrected chi connectivity index (χ0v) is 16.7. The second-order valence-corrected chi connectivity index (χ2v) is 7.48. The van der Waals surface area contributed by atoms with Crippen LogP contribution >= 0.6 is 0 Å². The van der Waals surface area contributed by atoms with E-state index in [4.69, 9.17) is 23.7 Å². The van der Waals surface area contributed by atoms with Crippen molar-refractivity contribution in [1.82, 2.24) is 0 Å². The van der Waals surface area contributed by atoms with Crippen LogP contribution < -0.4 is 0 Å². The first-order chi connectivity index (χ1) is 13.8. The summed E-state index contributed by atoms with van der Waals surface area (Å²) in [7, 11) is 1.39. The zero-order valence-electron chi connectivity index (χ0n) is 16.7. The van der Waals surface area contributed by atoms with E-state index in [1.807, 2.05) is 30.3 Å². The van der Waals surface area contributed by atoms with E-state index >= 15 is 0 Å². The van der Waals surface area contributed by atoms with E-state index in [2.05, 4.69) is 0 Å². The summed E-state index contributed by atoms with van der Waals surface area (Å²) in [6, 6.07) is 9.32. The van der Waals surface area contributed by atoms with Gasteiger partial charge in [-0.2, -0.15) is 0 Å². The molecule has 10 atom stereocenters. The maximum absolute atomic E-state index is 10.6. The first kappa shape index (κ1) is 22.5. The van der Waals surface area contributed by atoms with Crippen molar-refractivity contribution in [2.45, 2.75) is 81.9 Å². The summed E-state index contributed by atoms with van der Waals surface area (Å²) >= 11 is 0. The summed E-state index contributed by atoms with van der Waals surface area (Å²) in [5.74, 6) is 0. The summed E-state index contributed by atoms with van der Waals surface area (Å²) in [4.78, 5) is 0. The molecule has 2 aliphatic rings. The van der Waals surface area contributed by atoms with E-state index in [0.717, 1.165) is 5.56 Å². The molecule has 0 amide bonds. The largest absolute Gasteiger partial charge is 0.388 e. The van der Waals surface area contributed by atoms with Crippen molar-refractivity contribution in [1.29, 1.82) is 0 Å². The van der Waals surface area contributed by atoms with Gasteiger partial charge in [0.25, 0.3) is 0 Å². The van der Waals surface area contributed by atoms with Gasteiger partial charge in [0.15, 0.2) is 12.6 Å². The van der Waals surface area contributed by atoms with Crippen molar-refractivity contribution in [2.75, 3.05) is 7.11 Å². The second-order valence-electron chi connectivity index (χ2n) is 7.48. The van der Waals surface area contributed by atoms with Gasteiger partial charge in [0.1, 0.15) is 36.6 Å². The second kappa shape index (κ2) is 9.78. The minimum absolute atomic E-state index is 0.157. The monoisotopic (exact) mass is 414 g/mol. The average Bonchev–Trinajstić information content (AvgIpc) is 2.72. The van der Waals surface area contributed by atoms with Gasteiger partial charge in [-0.05, 0) is 19.4 Å². The van der Waals surface area contributed by atoms with Crippen LogP contribution in [0, 0.1) is 0 Å². The fourth-order valence-electron chi connectivity index (χ4n) is 3.55. The van der Waals surface area contributed by atoms with Gasteiger partial charge in [-0.15, -0.1) is 0 Å². The molecule has 2 saturated heterocycles. The first-order valence-corrected chi connectivity index (χ1v) is 9.70. The van der Waals surface area contributed by atoms with Gasteiger partial charge < -0.3 is 44.1 Å². The van der Waals surface area contributed by atoms with Gasteiger partial charge >= 0.3 is 0 Å². The van der Waals surface area contributed by atoms with Crippen molar-refractivity contribution < 1.29 is 44.1 Å². The maximum Gasteiger partial charge on any atom is 0.187 e. The highest BCUT2D eigenvalue weighted by Gasteiger charge is 2.50. The standard InChI is InChI=1S/C20H30O9/c1-10-14(22)16(24)18(19(25-3)27-10)29-20-17(15(23)13(21)11(2)28-20)26-9-12-7-5-4-6-8-12/h4-8,10-11,13-24H,9H2,1-3H3. The Balaban J connectivity index is 1.75. The fourth-order valence-corrected chi connectivity index (χ4v) is 3.55. The number of aliphatic hydroxyl groups is 4. The number of ether oxygens (including phenoxy) is 5. The Labute approximate surface area is 169 Å². The molecule has 1 aromatic carbocycles. The molecule has 164 valence electrons. The third-order valence-corrected chi connectivity index (χ3v) is 5.38. The highest BCUT2D eigenvalue weighted by molar-refractivity contribution is 5.13. The Hall–Kier alpha value is -1.14. The summed E-state index contributed by atoms with van der Waals surface area (Å²) in [6.07, 6.45) is -10.6. The van der Waals surface area contributed by atoms with Crippen molar-refractivity contribution in [3.05, 3.63) is 35.9 Å². The number of aliphatic hydroxyl groups excluding tert-OH is 4. The molecule has 2 aliphatic heterocycles. The Morgan fingerprint density at radius 3 is 1.93 bits per heavy atom. The third-order valence-electron chi connectivity index (χ3n) is 5.38. The summed E-state index contributed by atoms with van der Waals surface area (Å²) in [5.41, 5.74) is 0.867. The van der Waals surface area contributed by atoms with E-state index in [0.29, 0.717) is 0 Å². The molecule has 0 bridgehead atoms. The Morgan fingerprint density at radius 1 is 0.793 bits per heavy atom. The molecule has 0 radical (unpaired) electrons. The number of hydrogen-bond acceptors (Lipinski definition) is 9. The van der Waals surface area contributed by atoms with E-state index in [-0.39, 0.29) is 6.61 Å². The van der Waals surface area contributed by atoms with E-state index < -0.39 is 61.4 Å². The molecular weight excluding hydrogens is 384 g/mol. The number of hydrogen-bond donors (Lipinski definition) is 4. The highest BCUT2D eigenvalue weighted by Crippen LogP contribution is 2.30. The summed E-state index contributed by atoms with van der Waals surface area (Å²) in [5, 5.41) is 41.4.